The fraction of sp³-hybridized carbons (Fsp3) is 1.00. The van der Waals surface area contributed by atoms with Crippen molar-refractivity contribution in [3.05, 3.63) is 0 Å². The molecule has 3 heteroatoms. The van der Waals surface area contributed by atoms with E-state index in [1.54, 1.807) is 0 Å². The molecule has 1 fully saturated rings. The third-order valence-electron chi connectivity index (χ3n) is 3.93. The minimum atomic E-state index is -1.87. The van der Waals surface area contributed by atoms with E-state index in [4.69, 9.17) is 8.85 Å². The van der Waals surface area contributed by atoms with E-state index in [1.807, 2.05) is 14.2 Å². The molecule has 0 aliphatic heterocycles. The average molecular weight is 230 g/mol. The van der Waals surface area contributed by atoms with E-state index in [0.29, 0.717) is 0 Å². The summed E-state index contributed by atoms with van der Waals surface area (Å²) in [7, 11) is 1.83. The Morgan fingerprint density at radius 2 is 1.60 bits per heavy atom. The maximum Gasteiger partial charge on any atom is 0.340 e. The van der Waals surface area contributed by atoms with Gasteiger partial charge in [0.2, 0.25) is 0 Å². The van der Waals surface area contributed by atoms with Gasteiger partial charge in [0.05, 0.1) is 0 Å². The lowest BCUT2D eigenvalue weighted by Gasteiger charge is -2.38. The van der Waals surface area contributed by atoms with Crippen LogP contribution >= 0.6 is 0 Å². The van der Waals surface area contributed by atoms with Gasteiger partial charge >= 0.3 is 8.56 Å². The van der Waals surface area contributed by atoms with E-state index in [-0.39, 0.29) is 0 Å². The van der Waals surface area contributed by atoms with E-state index < -0.39 is 8.56 Å². The first kappa shape index (κ1) is 13.2. The first-order chi connectivity index (χ1) is 7.18. The van der Waals surface area contributed by atoms with Crippen LogP contribution in [0.5, 0.6) is 0 Å². The number of hydrogen-bond acceptors (Lipinski definition) is 2. The Hall–Kier alpha value is 0.137. The molecule has 0 radical (unpaired) electrons. The summed E-state index contributed by atoms with van der Waals surface area (Å²) in [5, 5.41) is 0. The van der Waals surface area contributed by atoms with Gasteiger partial charge < -0.3 is 8.85 Å². The summed E-state index contributed by atoms with van der Waals surface area (Å²) < 4.78 is 11.6. The molecule has 1 saturated carbocycles. The van der Waals surface area contributed by atoms with Gasteiger partial charge in [-0.15, -0.1) is 0 Å². The molecule has 90 valence electrons. The van der Waals surface area contributed by atoms with E-state index in [9.17, 15) is 0 Å². The zero-order chi connectivity index (χ0) is 11.3. The minimum Gasteiger partial charge on any atom is -0.397 e. The third-order valence-corrected chi connectivity index (χ3v) is 8.33. The van der Waals surface area contributed by atoms with Crippen molar-refractivity contribution in [2.75, 3.05) is 14.2 Å². The second-order valence-electron chi connectivity index (χ2n) is 4.93. The molecule has 0 heterocycles. The third kappa shape index (κ3) is 3.05. The molecular weight excluding hydrogens is 204 g/mol. The van der Waals surface area contributed by atoms with Crippen LogP contribution in [0.1, 0.15) is 46.0 Å². The summed E-state index contributed by atoms with van der Waals surface area (Å²) >= 11 is 0. The maximum atomic E-state index is 5.82. The van der Waals surface area contributed by atoms with Crippen molar-refractivity contribution < 1.29 is 8.85 Å². The monoisotopic (exact) mass is 230 g/mol. The quantitative estimate of drug-likeness (QED) is 0.670. The highest BCUT2D eigenvalue weighted by Crippen LogP contribution is 2.41. The van der Waals surface area contributed by atoms with E-state index in [0.717, 1.165) is 17.5 Å². The second kappa shape index (κ2) is 6.02. The van der Waals surface area contributed by atoms with Gasteiger partial charge in [-0.2, -0.15) is 0 Å². The topological polar surface area (TPSA) is 18.5 Å². The molecule has 0 bridgehead atoms. The highest BCUT2D eigenvalue weighted by Gasteiger charge is 2.44. The highest BCUT2D eigenvalue weighted by molar-refractivity contribution is 6.69. The van der Waals surface area contributed by atoms with Crippen LogP contribution in [0.2, 0.25) is 11.6 Å². The fourth-order valence-corrected chi connectivity index (χ4v) is 6.43. The smallest absolute Gasteiger partial charge is 0.340 e. The van der Waals surface area contributed by atoms with Crippen LogP contribution in [0.4, 0.5) is 0 Å². The van der Waals surface area contributed by atoms with Crippen molar-refractivity contribution >= 4 is 8.56 Å². The van der Waals surface area contributed by atoms with E-state index in [1.165, 1.54) is 32.1 Å². The van der Waals surface area contributed by atoms with Crippen LogP contribution in [0.25, 0.3) is 0 Å². The Bertz CT molecular complexity index is 172. The van der Waals surface area contributed by atoms with Crippen molar-refractivity contribution in [1.29, 1.82) is 0 Å². The normalized spacial score (nSPS) is 28.0. The predicted molar refractivity (Wildman–Crippen MR) is 66.3 cm³/mol. The van der Waals surface area contributed by atoms with Gasteiger partial charge in [0.25, 0.3) is 0 Å². The SMILES string of the molecule is CCC[Si](OC)(OC)C1CCC(C)CC1. The van der Waals surface area contributed by atoms with Crippen LogP contribution < -0.4 is 0 Å². The maximum absolute atomic E-state index is 5.82. The number of rotatable bonds is 5. The van der Waals surface area contributed by atoms with E-state index >= 15 is 0 Å². The fourth-order valence-electron chi connectivity index (χ4n) is 2.87. The van der Waals surface area contributed by atoms with Gasteiger partial charge in [-0.3, -0.25) is 0 Å². The molecule has 15 heavy (non-hydrogen) atoms. The molecule has 1 rings (SSSR count). The predicted octanol–water partition coefficient (Wildman–Crippen LogP) is 3.71. The molecule has 2 nitrogen and oxygen atoms in total. The molecule has 0 atom stereocenters. The molecule has 0 aromatic carbocycles. The lowest BCUT2D eigenvalue weighted by molar-refractivity contribution is 0.209. The Labute approximate surface area is 95.6 Å². The van der Waals surface area contributed by atoms with Crippen molar-refractivity contribution in [1.82, 2.24) is 0 Å². The Balaban J connectivity index is 2.62. The van der Waals surface area contributed by atoms with Gasteiger partial charge in [-0.25, -0.2) is 0 Å². The van der Waals surface area contributed by atoms with Gasteiger partial charge in [0, 0.05) is 19.8 Å². The molecule has 0 N–H and O–H groups in total. The van der Waals surface area contributed by atoms with Crippen LogP contribution in [0, 0.1) is 5.92 Å². The van der Waals surface area contributed by atoms with E-state index in [2.05, 4.69) is 13.8 Å². The average Bonchev–Trinajstić information content (AvgIpc) is 2.27. The Morgan fingerprint density at radius 1 is 1.07 bits per heavy atom. The second-order valence-corrected chi connectivity index (χ2v) is 8.68. The van der Waals surface area contributed by atoms with Crippen LogP contribution in [-0.4, -0.2) is 22.8 Å². The molecule has 0 unspecified atom stereocenters. The number of hydrogen-bond donors (Lipinski definition) is 0. The molecule has 0 aromatic rings. The zero-order valence-electron chi connectivity index (χ0n) is 10.7. The van der Waals surface area contributed by atoms with Crippen LogP contribution in [-0.2, 0) is 8.85 Å². The summed E-state index contributed by atoms with van der Waals surface area (Å²) in [6.07, 6.45) is 6.52. The summed E-state index contributed by atoms with van der Waals surface area (Å²) in [5.74, 6) is 0.906. The van der Waals surface area contributed by atoms with Crippen molar-refractivity contribution in [3.63, 3.8) is 0 Å². The lowest BCUT2D eigenvalue weighted by Crippen LogP contribution is -2.46. The highest BCUT2D eigenvalue weighted by atomic mass is 28.4. The summed E-state index contributed by atoms with van der Waals surface area (Å²) in [4.78, 5) is 0. The molecule has 0 aromatic heterocycles. The summed E-state index contributed by atoms with van der Waals surface area (Å²) in [6.45, 7) is 4.59. The van der Waals surface area contributed by atoms with Crippen molar-refractivity contribution in [2.45, 2.75) is 57.5 Å². The molecule has 0 spiro atoms. The van der Waals surface area contributed by atoms with Gasteiger partial charge in [0.15, 0.2) is 0 Å². The summed E-state index contributed by atoms with van der Waals surface area (Å²) in [5.41, 5.74) is 0.726. The Morgan fingerprint density at radius 3 is 2.00 bits per heavy atom. The Kier molecular flexibility index (Phi) is 5.30. The molecule has 1 aliphatic carbocycles. The first-order valence-corrected chi connectivity index (χ1v) is 8.39. The zero-order valence-corrected chi connectivity index (χ0v) is 11.7. The van der Waals surface area contributed by atoms with Crippen LogP contribution in [0.3, 0.4) is 0 Å². The van der Waals surface area contributed by atoms with Crippen LogP contribution in [0.15, 0.2) is 0 Å². The lowest BCUT2D eigenvalue weighted by atomic mass is 9.90. The largest absolute Gasteiger partial charge is 0.397 e. The summed E-state index contributed by atoms with van der Waals surface area (Å²) in [6, 6.07) is 1.15. The van der Waals surface area contributed by atoms with Gasteiger partial charge in [0.1, 0.15) is 0 Å². The van der Waals surface area contributed by atoms with Gasteiger partial charge in [-0.1, -0.05) is 33.1 Å². The first-order valence-electron chi connectivity index (χ1n) is 6.28. The van der Waals surface area contributed by atoms with Gasteiger partial charge in [-0.05, 0) is 24.8 Å². The molecule has 0 amide bonds. The standard InChI is InChI=1S/C12H26O2Si/c1-5-10-15(13-3,14-4)12-8-6-11(2)7-9-12/h11-12H,5-10H2,1-4H3. The molecule has 1 aliphatic rings. The van der Waals surface area contributed by atoms with Crippen molar-refractivity contribution in [2.24, 2.45) is 5.92 Å². The molecule has 0 saturated heterocycles. The molecular formula is C12H26O2Si. The minimum absolute atomic E-state index is 0.726. The van der Waals surface area contributed by atoms with Crippen molar-refractivity contribution in [3.8, 4) is 0 Å².